The molecule has 0 bridgehead atoms. The second-order valence-electron chi connectivity index (χ2n) is 4.21. The monoisotopic (exact) mass is 259 g/mol. The van der Waals surface area contributed by atoms with Crippen LogP contribution in [0.1, 0.15) is 25.7 Å². The Labute approximate surface area is 104 Å². The Kier molecular flexibility index (Phi) is 5.05. The Morgan fingerprint density at radius 2 is 2.06 bits per heavy atom. The lowest BCUT2D eigenvalue weighted by Crippen LogP contribution is -2.48. The van der Waals surface area contributed by atoms with Gasteiger partial charge in [0.15, 0.2) is 0 Å². The Bertz CT molecular complexity index is 346. The maximum atomic E-state index is 11.5. The molecule has 1 rings (SSSR count). The summed E-state index contributed by atoms with van der Waals surface area (Å²) in [5.41, 5.74) is 7.73. The van der Waals surface area contributed by atoms with Gasteiger partial charge in [0, 0.05) is 13.0 Å². The van der Waals surface area contributed by atoms with Gasteiger partial charge in [-0.3, -0.25) is 19.8 Å². The highest BCUT2D eigenvalue weighted by Crippen LogP contribution is 2.14. The lowest BCUT2D eigenvalue weighted by Gasteiger charge is -2.21. The number of carbonyl (C=O) groups excluding carboxylic acids is 1. The minimum absolute atomic E-state index is 0.0206. The molecule has 1 aliphatic heterocycles. The Morgan fingerprint density at radius 3 is 2.61 bits per heavy atom. The van der Waals surface area contributed by atoms with Gasteiger partial charge in [-0.05, 0) is 19.3 Å². The van der Waals surface area contributed by atoms with E-state index in [1.165, 1.54) is 5.01 Å². The molecule has 18 heavy (non-hydrogen) atoms. The van der Waals surface area contributed by atoms with Gasteiger partial charge in [0.25, 0.3) is 0 Å². The predicted octanol–water partition coefficient (Wildman–Crippen LogP) is -1.24. The summed E-state index contributed by atoms with van der Waals surface area (Å²) in [5, 5.41) is 18.8. The van der Waals surface area contributed by atoms with E-state index in [1.807, 2.05) is 0 Å². The largest absolute Gasteiger partial charge is 0.480 e. The first-order valence-corrected chi connectivity index (χ1v) is 5.69. The summed E-state index contributed by atoms with van der Waals surface area (Å²) in [7, 11) is 0. The number of nitrogens with two attached hydrogens (primary N) is 1. The lowest BCUT2D eigenvalue weighted by atomic mass is 10.1. The highest BCUT2D eigenvalue weighted by atomic mass is 16.4. The van der Waals surface area contributed by atoms with E-state index in [9.17, 15) is 14.4 Å². The van der Waals surface area contributed by atoms with E-state index < -0.39 is 29.9 Å². The normalized spacial score (nSPS) is 21.5. The van der Waals surface area contributed by atoms with Gasteiger partial charge in [-0.1, -0.05) is 0 Å². The fourth-order valence-electron chi connectivity index (χ4n) is 1.78. The van der Waals surface area contributed by atoms with Crippen molar-refractivity contribution in [3.63, 3.8) is 0 Å². The van der Waals surface area contributed by atoms with Crippen LogP contribution in [-0.4, -0.2) is 51.7 Å². The van der Waals surface area contributed by atoms with Gasteiger partial charge >= 0.3 is 11.9 Å². The van der Waals surface area contributed by atoms with E-state index in [-0.39, 0.29) is 12.8 Å². The highest BCUT2D eigenvalue weighted by molar-refractivity contribution is 5.79. The fraction of sp³-hybridized carbons (Fsp3) is 0.700. The molecule has 1 aliphatic rings. The average molecular weight is 259 g/mol. The van der Waals surface area contributed by atoms with E-state index in [0.29, 0.717) is 19.4 Å². The van der Waals surface area contributed by atoms with Gasteiger partial charge in [0.1, 0.15) is 12.1 Å². The zero-order chi connectivity index (χ0) is 13.7. The van der Waals surface area contributed by atoms with Crippen LogP contribution in [0.2, 0.25) is 0 Å². The standard InChI is InChI=1S/C10H17N3O5/c11-6(9(15)16)3-4-8(14)12-13-5-1-2-7(13)10(17)18/h6-7H,1-5,11H2,(H,12,14)(H,15,16)(H,17,18). The van der Waals surface area contributed by atoms with E-state index in [0.717, 1.165) is 0 Å². The summed E-state index contributed by atoms with van der Waals surface area (Å²) < 4.78 is 0. The van der Waals surface area contributed by atoms with Gasteiger partial charge in [-0.15, -0.1) is 0 Å². The lowest BCUT2D eigenvalue weighted by molar-refractivity contribution is -0.144. The minimum Gasteiger partial charge on any atom is -0.480 e. The number of carboxylic acids is 2. The van der Waals surface area contributed by atoms with Crippen LogP contribution in [-0.2, 0) is 14.4 Å². The van der Waals surface area contributed by atoms with Crippen molar-refractivity contribution in [1.29, 1.82) is 0 Å². The van der Waals surface area contributed by atoms with Crippen LogP contribution in [0.15, 0.2) is 0 Å². The SMILES string of the molecule is NC(CCC(=O)NN1CCCC1C(=O)O)C(=O)O. The molecule has 0 aromatic heterocycles. The first-order chi connectivity index (χ1) is 8.41. The van der Waals surface area contributed by atoms with E-state index in [2.05, 4.69) is 5.43 Å². The second-order valence-corrected chi connectivity index (χ2v) is 4.21. The molecule has 1 heterocycles. The van der Waals surface area contributed by atoms with Crippen LogP contribution in [0.4, 0.5) is 0 Å². The highest BCUT2D eigenvalue weighted by Gasteiger charge is 2.31. The predicted molar refractivity (Wildman–Crippen MR) is 60.4 cm³/mol. The number of hydrogen-bond donors (Lipinski definition) is 4. The van der Waals surface area contributed by atoms with Crippen LogP contribution < -0.4 is 11.2 Å². The quantitative estimate of drug-likeness (QED) is 0.468. The van der Waals surface area contributed by atoms with Gasteiger partial charge in [0.05, 0.1) is 0 Å². The Balaban J connectivity index is 2.36. The maximum absolute atomic E-state index is 11.5. The van der Waals surface area contributed by atoms with Crippen LogP contribution in [0, 0.1) is 0 Å². The number of rotatable bonds is 6. The summed E-state index contributed by atoms with van der Waals surface area (Å²) in [6.07, 6.45) is 1.17. The van der Waals surface area contributed by atoms with Gasteiger partial charge in [-0.2, -0.15) is 0 Å². The maximum Gasteiger partial charge on any atom is 0.322 e. The molecule has 1 amide bonds. The smallest absolute Gasteiger partial charge is 0.322 e. The first-order valence-electron chi connectivity index (χ1n) is 5.69. The zero-order valence-corrected chi connectivity index (χ0v) is 9.83. The van der Waals surface area contributed by atoms with Crippen molar-refractivity contribution < 1.29 is 24.6 Å². The van der Waals surface area contributed by atoms with Gasteiger partial charge in [-0.25, -0.2) is 5.01 Å². The van der Waals surface area contributed by atoms with Crippen LogP contribution >= 0.6 is 0 Å². The molecular formula is C10H17N3O5. The molecule has 0 radical (unpaired) electrons. The Morgan fingerprint density at radius 1 is 1.39 bits per heavy atom. The van der Waals surface area contributed by atoms with Crippen molar-refractivity contribution in [3.05, 3.63) is 0 Å². The summed E-state index contributed by atoms with van der Waals surface area (Å²) >= 11 is 0. The van der Waals surface area contributed by atoms with Crippen molar-refractivity contribution >= 4 is 17.8 Å². The number of carbonyl (C=O) groups is 3. The number of amides is 1. The van der Waals surface area contributed by atoms with Gasteiger partial charge in [0.2, 0.25) is 5.91 Å². The van der Waals surface area contributed by atoms with E-state index in [4.69, 9.17) is 15.9 Å². The minimum atomic E-state index is -1.16. The van der Waals surface area contributed by atoms with Crippen LogP contribution in [0.3, 0.4) is 0 Å². The number of nitrogens with one attached hydrogen (secondary N) is 1. The molecular weight excluding hydrogens is 242 g/mol. The number of nitrogens with zero attached hydrogens (tertiary/aromatic N) is 1. The van der Waals surface area contributed by atoms with Gasteiger partial charge < -0.3 is 15.9 Å². The van der Waals surface area contributed by atoms with E-state index in [1.54, 1.807) is 0 Å². The Hall–Kier alpha value is -1.67. The third-order valence-electron chi connectivity index (χ3n) is 2.81. The second kappa shape index (κ2) is 6.31. The summed E-state index contributed by atoms with van der Waals surface area (Å²) in [6.45, 7) is 0.480. The molecule has 0 saturated carbocycles. The third kappa shape index (κ3) is 3.97. The fourth-order valence-corrected chi connectivity index (χ4v) is 1.78. The number of carboxylic acid groups (broad SMARTS) is 2. The molecule has 5 N–H and O–H groups in total. The molecule has 2 atom stereocenters. The summed E-state index contributed by atoms with van der Waals surface area (Å²) in [6, 6.07) is -1.79. The molecule has 0 aliphatic carbocycles. The molecule has 0 spiro atoms. The van der Waals surface area contributed by atoms with Crippen molar-refractivity contribution in [3.8, 4) is 0 Å². The van der Waals surface area contributed by atoms with Crippen LogP contribution in [0.25, 0.3) is 0 Å². The molecule has 0 aromatic carbocycles. The molecule has 8 heteroatoms. The molecule has 1 saturated heterocycles. The number of hydrazine groups is 1. The zero-order valence-electron chi connectivity index (χ0n) is 9.83. The number of aliphatic carboxylic acids is 2. The summed E-state index contributed by atoms with van der Waals surface area (Å²) in [5.74, 6) is -2.55. The summed E-state index contributed by atoms with van der Waals surface area (Å²) in [4.78, 5) is 32.8. The first kappa shape index (κ1) is 14.4. The average Bonchev–Trinajstić information content (AvgIpc) is 2.73. The molecule has 0 aromatic rings. The van der Waals surface area contributed by atoms with Crippen molar-refractivity contribution in [2.24, 2.45) is 5.73 Å². The molecule has 102 valence electrons. The molecule has 2 unspecified atom stereocenters. The van der Waals surface area contributed by atoms with E-state index >= 15 is 0 Å². The van der Waals surface area contributed by atoms with Crippen molar-refractivity contribution in [1.82, 2.24) is 10.4 Å². The topological polar surface area (TPSA) is 133 Å². The van der Waals surface area contributed by atoms with Crippen molar-refractivity contribution in [2.75, 3.05) is 6.54 Å². The van der Waals surface area contributed by atoms with Crippen molar-refractivity contribution in [2.45, 2.75) is 37.8 Å². The number of hydrogen-bond acceptors (Lipinski definition) is 5. The van der Waals surface area contributed by atoms with Crippen LogP contribution in [0.5, 0.6) is 0 Å². The molecule has 1 fully saturated rings. The molecule has 8 nitrogen and oxygen atoms in total. The third-order valence-corrected chi connectivity index (χ3v) is 2.81.